The third-order valence-electron chi connectivity index (χ3n) is 3.83. The molecule has 3 nitrogen and oxygen atoms in total. The molecular formula is C15H20N2O. The number of methoxy groups -OCH3 is 1. The number of hydrogen-bond donors (Lipinski definition) is 0. The number of nitrogens with zero attached hydrogens (tertiary/aromatic N) is 2. The molecule has 3 heteroatoms. The summed E-state index contributed by atoms with van der Waals surface area (Å²) in [7, 11) is 3.72. The van der Waals surface area contributed by atoms with E-state index in [0.717, 1.165) is 30.8 Å². The van der Waals surface area contributed by atoms with E-state index in [-0.39, 0.29) is 5.41 Å². The minimum Gasteiger partial charge on any atom is -0.495 e. The molecule has 0 aliphatic heterocycles. The van der Waals surface area contributed by atoms with Crippen LogP contribution in [0.15, 0.2) is 18.2 Å². The van der Waals surface area contributed by atoms with Crippen molar-refractivity contribution in [1.29, 1.82) is 5.26 Å². The van der Waals surface area contributed by atoms with E-state index in [1.54, 1.807) is 7.11 Å². The summed E-state index contributed by atoms with van der Waals surface area (Å²) in [6.07, 6.45) is 3.20. The van der Waals surface area contributed by atoms with E-state index < -0.39 is 0 Å². The molecule has 1 aliphatic rings. The standard InChI is InChI=1S/C15H20N2O/c1-12-5-6-14(18-3)13(9-12)17(2)11-15(10-16)7-4-8-15/h5-6,9H,4,7-8,11H2,1-3H3. The van der Waals surface area contributed by atoms with Gasteiger partial charge in [0.05, 0.1) is 24.3 Å². The number of ether oxygens (including phenoxy) is 1. The lowest BCUT2D eigenvalue weighted by atomic mass is 9.69. The average molecular weight is 244 g/mol. The Morgan fingerprint density at radius 2 is 2.17 bits per heavy atom. The molecular weight excluding hydrogens is 224 g/mol. The molecule has 0 atom stereocenters. The molecule has 0 N–H and O–H groups in total. The molecule has 96 valence electrons. The highest BCUT2D eigenvalue weighted by atomic mass is 16.5. The zero-order chi connectivity index (χ0) is 13.2. The molecule has 0 radical (unpaired) electrons. The monoisotopic (exact) mass is 244 g/mol. The summed E-state index contributed by atoms with van der Waals surface area (Å²) in [6, 6.07) is 8.63. The normalized spacial score (nSPS) is 16.6. The van der Waals surface area contributed by atoms with Gasteiger partial charge in [-0.15, -0.1) is 0 Å². The van der Waals surface area contributed by atoms with Crippen molar-refractivity contribution in [3.8, 4) is 11.8 Å². The van der Waals surface area contributed by atoms with Gasteiger partial charge in [-0.3, -0.25) is 0 Å². The Balaban J connectivity index is 2.20. The number of benzene rings is 1. The van der Waals surface area contributed by atoms with E-state index in [2.05, 4.69) is 24.0 Å². The summed E-state index contributed by atoms with van der Waals surface area (Å²) in [6.45, 7) is 2.85. The van der Waals surface area contributed by atoms with Crippen LogP contribution in [-0.2, 0) is 0 Å². The SMILES string of the molecule is COc1ccc(C)cc1N(C)CC1(C#N)CCC1. The first-order valence-corrected chi connectivity index (χ1v) is 6.37. The van der Waals surface area contributed by atoms with Crippen LogP contribution in [0.1, 0.15) is 24.8 Å². The van der Waals surface area contributed by atoms with Gasteiger partial charge in [-0.1, -0.05) is 12.5 Å². The van der Waals surface area contributed by atoms with Gasteiger partial charge in [0, 0.05) is 13.6 Å². The van der Waals surface area contributed by atoms with Gasteiger partial charge >= 0.3 is 0 Å². The second-order valence-electron chi connectivity index (χ2n) is 5.28. The Hall–Kier alpha value is -1.69. The molecule has 0 spiro atoms. The van der Waals surface area contributed by atoms with E-state index in [9.17, 15) is 5.26 Å². The molecule has 0 heterocycles. The first-order chi connectivity index (χ1) is 8.60. The summed E-state index contributed by atoms with van der Waals surface area (Å²) in [5.41, 5.74) is 2.13. The largest absolute Gasteiger partial charge is 0.495 e. The van der Waals surface area contributed by atoms with Gasteiger partial charge in [-0.2, -0.15) is 5.26 Å². The minimum atomic E-state index is -0.149. The quantitative estimate of drug-likeness (QED) is 0.816. The number of hydrogen-bond acceptors (Lipinski definition) is 3. The lowest BCUT2D eigenvalue weighted by molar-refractivity contribution is 0.222. The maximum atomic E-state index is 9.31. The molecule has 0 unspecified atom stereocenters. The summed E-state index contributed by atoms with van der Waals surface area (Å²) < 4.78 is 5.40. The van der Waals surface area contributed by atoms with Crippen LogP contribution in [0, 0.1) is 23.7 Å². The molecule has 1 aliphatic carbocycles. The van der Waals surface area contributed by atoms with Gasteiger partial charge in [0.1, 0.15) is 5.75 Å². The lowest BCUT2D eigenvalue weighted by Crippen LogP contribution is -2.39. The highest BCUT2D eigenvalue weighted by Gasteiger charge is 2.38. The highest BCUT2D eigenvalue weighted by Crippen LogP contribution is 2.42. The molecule has 1 saturated carbocycles. The zero-order valence-corrected chi connectivity index (χ0v) is 11.4. The van der Waals surface area contributed by atoms with Gasteiger partial charge in [0.15, 0.2) is 0 Å². The topological polar surface area (TPSA) is 36.3 Å². The first-order valence-electron chi connectivity index (χ1n) is 6.37. The Bertz CT molecular complexity index is 472. The fraction of sp³-hybridized carbons (Fsp3) is 0.533. The average Bonchev–Trinajstić information content (AvgIpc) is 2.33. The number of nitriles is 1. The van der Waals surface area contributed by atoms with Gasteiger partial charge in [0.25, 0.3) is 0 Å². The second-order valence-corrected chi connectivity index (χ2v) is 5.28. The van der Waals surface area contributed by atoms with Crippen molar-refractivity contribution in [2.45, 2.75) is 26.2 Å². The fourth-order valence-corrected chi connectivity index (χ4v) is 2.55. The van der Waals surface area contributed by atoms with Crippen molar-refractivity contribution in [1.82, 2.24) is 0 Å². The Labute approximate surface area is 109 Å². The van der Waals surface area contributed by atoms with Crippen LogP contribution in [-0.4, -0.2) is 20.7 Å². The molecule has 1 aromatic rings. The van der Waals surface area contributed by atoms with Gasteiger partial charge < -0.3 is 9.64 Å². The smallest absolute Gasteiger partial charge is 0.142 e. The Kier molecular flexibility index (Phi) is 3.47. The summed E-state index contributed by atoms with van der Waals surface area (Å²) in [4.78, 5) is 2.15. The molecule has 1 fully saturated rings. The third-order valence-corrected chi connectivity index (χ3v) is 3.83. The van der Waals surface area contributed by atoms with Gasteiger partial charge in [-0.05, 0) is 37.5 Å². The summed E-state index contributed by atoms with van der Waals surface area (Å²) in [5.74, 6) is 0.871. The van der Waals surface area contributed by atoms with Crippen LogP contribution in [0.25, 0.3) is 0 Å². The predicted octanol–water partition coefficient (Wildman–Crippen LogP) is 3.13. The van der Waals surface area contributed by atoms with E-state index in [4.69, 9.17) is 4.74 Å². The predicted molar refractivity (Wildman–Crippen MR) is 72.9 cm³/mol. The molecule has 0 bridgehead atoms. The molecule has 0 amide bonds. The Morgan fingerprint density at radius 1 is 1.44 bits per heavy atom. The van der Waals surface area contributed by atoms with Gasteiger partial charge in [0.2, 0.25) is 0 Å². The molecule has 2 rings (SSSR count). The van der Waals surface area contributed by atoms with Gasteiger partial charge in [-0.25, -0.2) is 0 Å². The summed E-state index contributed by atoms with van der Waals surface area (Å²) in [5, 5.41) is 9.31. The van der Waals surface area contributed by atoms with Crippen LogP contribution in [0.2, 0.25) is 0 Å². The van der Waals surface area contributed by atoms with Crippen LogP contribution >= 0.6 is 0 Å². The van der Waals surface area contributed by atoms with E-state index in [1.165, 1.54) is 12.0 Å². The van der Waals surface area contributed by atoms with E-state index in [0.29, 0.717) is 0 Å². The third kappa shape index (κ3) is 2.28. The minimum absolute atomic E-state index is 0.149. The molecule has 0 saturated heterocycles. The molecule has 1 aromatic carbocycles. The maximum Gasteiger partial charge on any atom is 0.142 e. The van der Waals surface area contributed by atoms with Crippen LogP contribution in [0.4, 0.5) is 5.69 Å². The van der Waals surface area contributed by atoms with Crippen molar-refractivity contribution >= 4 is 5.69 Å². The number of anilines is 1. The molecule has 18 heavy (non-hydrogen) atoms. The zero-order valence-electron chi connectivity index (χ0n) is 11.4. The van der Waals surface area contributed by atoms with Crippen LogP contribution in [0.3, 0.4) is 0 Å². The Morgan fingerprint density at radius 3 is 2.67 bits per heavy atom. The van der Waals surface area contributed by atoms with E-state index in [1.807, 2.05) is 19.2 Å². The van der Waals surface area contributed by atoms with Crippen molar-refractivity contribution in [2.75, 3.05) is 25.6 Å². The van der Waals surface area contributed by atoms with Crippen LogP contribution < -0.4 is 9.64 Å². The second kappa shape index (κ2) is 4.89. The summed E-state index contributed by atoms with van der Waals surface area (Å²) >= 11 is 0. The maximum absolute atomic E-state index is 9.31. The number of aryl methyl sites for hydroxylation is 1. The molecule has 0 aromatic heterocycles. The van der Waals surface area contributed by atoms with Crippen LogP contribution in [0.5, 0.6) is 5.75 Å². The first kappa shape index (κ1) is 12.8. The highest BCUT2D eigenvalue weighted by molar-refractivity contribution is 5.60. The van der Waals surface area contributed by atoms with E-state index >= 15 is 0 Å². The fourth-order valence-electron chi connectivity index (χ4n) is 2.55. The van der Waals surface area contributed by atoms with Crippen molar-refractivity contribution in [2.24, 2.45) is 5.41 Å². The number of rotatable bonds is 4. The van der Waals surface area contributed by atoms with Crippen molar-refractivity contribution < 1.29 is 4.74 Å². The van der Waals surface area contributed by atoms with Crippen molar-refractivity contribution in [3.05, 3.63) is 23.8 Å². The van der Waals surface area contributed by atoms with Crippen molar-refractivity contribution in [3.63, 3.8) is 0 Å². The lowest BCUT2D eigenvalue weighted by Gasteiger charge is -2.39.